The molecule has 2 unspecified atom stereocenters. The van der Waals surface area contributed by atoms with Gasteiger partial charge in [-0.3, -0.25) is 51.3 Å². The molecule has 3 aliphatic rings. The predicted octanol–water partition coefficient (Wildman–Crippen LogP) is -0.463. The number of phosphoric acid groups is 2. The Kier molecular flexibility index (Phi) is 12.5. The number of nitrogens with one attached hydrogen (secondary N) is 2. The first-order valence-corrected chi connectivity index (χ1v) is 19.3. The molecule has 0 radical (unpaired) electrons. The number of aromatic amines is 2. The summed E-state index contributed by atoms with van der Waals surface area (Å²) < 4.78 is 91.4. The third kappa shape index (κ3) is 10.0. The number of ether oxygens (including phenoxy) is 3. The molecule has 284 valence electrons. The van der Waals surface area contributed by atoms with Gasteiger partial charge in [0.25, 0.3) is 11.1 Å². The van der Waals surface area contributed by atoms with Crippen molar-refractivity contribution in [1.29, 1.82) is 0 Å². The molecular weight excluding hydrogens is 753 g/mol. The maximum absolute atomic E-state index is 13.1. The Hall–Kier alpha value is -2.72. The number of hydrogen-bond donors (Lipinski definition) is 5. The van der Waals surface area contributed by atoms with Gasteiger partial charge in [-0.15, -0.1) is 0 Å². The van der Waals surface area contributed by atoms with Gasteiger partial charge in [-0.2, -0.15) is 0 Å². The van der Waals surface area contributed by atoms with Gasteiger partial charge < -0.3 is 29.1 Å². The van der Waals surface area contributed by atoms with E-state index in [1.807, 2.05) is 0 Å². The molecule has 0 amide bonds. The molecule has 2 aromatic heterocycles. The van der Waals surface area contributed by atoms with Gasteiger partial charge in [0.1, 0.15) is 43.0 Å². The molecule has 0 spiro atoms. The van der Waals surface area contributed by atoms with E-state index in [0.717, 1.165) is 9.13 Å². The van der Waals surface area contributed by atoms with Crippen molar-refractivity contribution in [1.82, 2.24) is 19.1 Å². The lowest BCUT2D eigenvalue weighted by atomic mass is 10.2. The number of nitrogens with zero attached hydrogens (tertiary/aromatic N) is 2. The standard InChI is InChI=1S/C25H35N4O19P3/c1-12-7-28(24(33)26-22(12)31)20-5-14(30)17(45-20)10-43-51(39,40)48-16-6-21(29-8-13(2)23(32)27-25(29)34)46-19(16)11-44-50(37,38)47-15-3-4-41-18(15)9-42-49(35)36/h7-8,14-21,30H,3-6,9-11H2,1-2H3,(H,37,38)(H,39,40)(H,26,31,33)(H,27,32,34)/t14-,15-,16-,17+,18+,19+,20+,21+/m0/s1. The average Bonchev–Trinajstić information content (AvgIpc) is 3.75. The molecule has 3 saturated heterocycles. The summed E-state index contributed by atoms with van der Waals surface area (Å²) >= 11 is 0. The number of rotatable bonds is 15. The Morgan fingerprint density at radius 3 is 1.88 bits per heavy atom. The molecule has 5 heterocycles. The fourth-order valence-corrected chi connectivity index (χ4v) is 7.75. The fraction of sp³-hybridized carbons (Fsp3) is 0.680. The third-order valence-corrected chi connectivity index (χ3v) is 10.5. The second-order valence-corrected chi connectivity index (χ2v) is 15.3. The van der Waals surface area contributed by atoms with Crippen molar-refractivity contribution in [3.8, 4) is 0 Å². The van der Waals surface area contributed by atoms with Crippen molar-refractivity contribution >= 4 is 23.6 Å². The smallest absolute Gasteiger partial charge is 0.390 e. The van der Waals surface area contributed by atoms with Crippen LogP contribution in [0.15, 0.2) is 31.6 Å². The van der Waals surface area contributed by atoms with Gasteiger partial charge in [-0.1, -0.05) is 0 Å². The van der Waals surface area contributed by atoms with Crippen LogP contribution in [-0.4, -0.2) is 97.0 Å². The molecule has 5 N–H and O–H groups in total. The zero-order chi connectivity index (χ0) is 37.2. The summed E-state index contributed by atoms with van der Waals surface area (Å²) in [6, 6.07) is 0. The first kappa shape index (κ1) is 39.5. The summed E-state index contributed by atoms with van der Waals surface area (Å²) in [5, 5.41) is 10.5. The molecule has 3 fully saturated rings. The number of hydrogen-bond acceptors (Lipinski definition) is 17. The van der Waals surface area contributed by atoms with Crippen molar-refractivity contribution in [2.45, 2.75) is 82.2 Å². The van der Waals surface area contributed by atoms with Crippen LogP contribution in [0.1, 0.15) is 42.8 Å². The first-order chi connectivity index (χ1) is 23.9. The monoisotopic (exact) mass is 788 g/mol. The van der Waals surface area contributed by atoms with Gasteiger partial charge in [0.15, 0.2) is 0 Å². The highest BCUT2D eigenvalue weighted by atomic mass is 31.2. The molecule has 23 nitrogen and oxygen atoms in total. The summed E-state index contributed by atoms with van der Waals surface area (Å²) in [5.74, 6) is 0. The lowest BCUT2D eigenvalue weighted by Crippen LogP contribution is -2.33. The zero-order valence-electron chi connectivity index (χ0n) is 26.8. The predicted molar refractivity (Wildman–Crippen MR) is 165 cm³/mol. The Morgan fingerprint density at radius 1 is 0.804 bits per heavy atom. The number of H-pyrrole nitrogens is 2. The Labute approximate surface area is 286 Å². The van der Waals surface area contributed by atoms with Crippen LogP contribution in [0, 0.1) is 13.8 Å². The lowest BCUT2D eigenvalue weighted by Gasteiger charge is -2.24. The van der Waals surface area contributed by atoms with Crippen LogP contribution in [0.5, 0.6) is 0 Å². The molecule has 26 heteroatoms. The third-order valence-electron chi connectivity index (χ3n) is 8.13. The highest BCUT2D eigenvalue weighted by molar-refractivity contribution is 7.47. The second kappa shape index (κ2) is 16.1. The van der Waals surface area contributed by atoms with Crippen LogP contribution in [0.25, 0.3) is 0 Å². The maximum Gasteiger partial charge on any atom is 0.472 e. The largest absolute Gasteiger partial charge is 0.472 e. The molecular formula is C25H35N4O19P3. The molecule has 5 rings (SSSR count). The van der Waals surface area contributed by atoms with E-state index in [1.54, 1.807) is 0 Å². The molecule has 3 aliphatic heterocycles. The lowest BCUT2D eigenvalue weighted by molar-refractivity contribution is -0.0593. The molecule has 0 saturated carbocycles. The minimum atomic E-state index is -5.06. The van der Waals surface area contributed by atoms with Crippen LogP contribution in [0.4, 0.5) is 0 Å². The SMILES string of the molecule is Cc1cn([C@H]2C[C@H](OP(=O)(O)OC[C@H]3O[C@@H](n4cc(C)c(=O)[nH]c4=O)C[C@@H]3O)[C@@H](COP(=O)(O)O[C@H]3CCO[C@@H]3COP(=O)=O)O2)c(=O)[nH]c1=O. The van der Waals surface area contributed by atoms with E-state index < -0.39 is 115 Å². The van der Waals surface area contributed by atoms with E-state index in [1.165, 1.54) is 26.2 Å². The molecule has 0 bridgehead atoms. The average molecular weight is 788 g/mol. The number of aryl methyl sites for hydroxylation is 2. The number of aromatic nitrogens is 4. The molecule has 0 aromatic carbocycles. The van der Waals surface area contributed by atoms with E-state index in [9.17, 15) is 52.3 Å². The van der Waals surface area contributed by atoms with E-state index in [4.69, 9.17) is 32.3 Å². The zero-order valence-corrected chi connectivity index (χ0v) is 29.5. The minimum Gasteiger partial charge on any atom is -0.390 e. The first-order valence-electron chi connectivity index (χ1n) is 15.2. The second-order valence-electron chi connectivity index (χ2n) is 11.8. The quantitative estimate of drug-likeness (QED) is 0.143. The van der Waals surface area contributed by atoms with Crippen molar-refractivity contribution < 1.29 is 70.0 Å². The molecule has 0 aliphatic carbocycles. The minimum absolute atomic E-state index is 0.0612. The summed E-state index contributed by atoms with van der Waals surface area (Å²) in [6.45, 7) is 0.913. The summed E-state index contributed by atoms with van der Waals surface area (Å²) in [6.07, 6.45) is -7.79. The number of aliphatic hydroxyl groups excluding tert-OH is 1. The molecule has 2 aromatic rings. The van der Waals surface area contributed by atoms with Crippen molar-refractivity contribution in [2.75, 3.05) is 26.4 Å². The van der Waals surface area contributed by atoms with Gasteiger partial charge in [-0.25, -0.2) is 27.8 Å². The molecule has 51 heavy (non-hydrogen) atoms. The highest BCUT2D eigenvalue weighted by Crippen LogP contribution is 2.51. The normalized spacial score (nSPS) is 30.3. The maximum atomic E-state index is 13.1. The summed E-state index contributed by atoms with van der Waals surface area (Å²) in [5.41, 5.74) is -2.67. The number of phosphoric ester groups is 2. The van der Waals surface area contributed by atoms with E-state index in [2.05, 4.69) is 14.5 Å². The van der Waals surface area contributed by atoms with Gasteiger partial charge >= 0.3 is 34.9 Å². The van der Waals surface area contributed by atoms with Gasteiger partial charge in [0.05, 0.1) is 25.9 Å². The Morgan fingerprint density at radius 2 is 1.31 bits per heavy atom. The van der Waals surface area contributed by atoms with Crippen LogP contribution < -0.4 is 22.5 Å². The van der Waals surface area contributed by atoms with Crippen molar-refractivity contribution in [2.24, 2.45) is 0 Å². The highest BCUT2D eigenvalue weighted by Gasteiger charge is 2.45. The van der Waals surface area contributed by atoms with Crippen LogP contribution >= 0.6 is 23.6 Å². The van der Waals surface area contributed by atoms with E-state index in [-0.39, 0.29) is 37.0 Å². The molecule has 10 atom stereocenters. The van der Waals surface area contributed by atoms with Crippen LogP contribution in [0.3, 0.4) is 0 Å². The topological polar surface area (TPSA) is 313 Å². The van der Waals surface area contributed by atoms with E-state index in [0.29, 0.717) is 0 Å². The number of aliphatic hydroxyl groups is 1. The van der Waals surface area contributed by atoms with Crippen LogP contribution in [0.2, 0.25) is 0 Å². The Bertz CT molecular complexity index is 1980. The van der Waals surface area contributed by atoms with Gasteiger partial charge in [0, 0.05) is 49.4 Å². The van der Waals surface area contributed by atoms with Crippen molar-refractivity contribution in [3.05, 3.63) is 65.2 Å². The van der Waals surface area contributed by atoms with E-state index >= 15 is 0 Å². The van der Waals surface area contributed by atoms with Gasteiger partial charge in [0.2, 0.25) is 0 Å². The van der Waals surface area contributed by atoms with Crippen LogP contribution in [-0.2, 0) is 55.1 Å². The van der Waals surface area contributed by atoms with Gasteiger partial charge in [-0.05, 0) is 13.8 Å². The Balaban J connectivity index is 1.26. The summed E-state index contributed by atoms with van der Waals surface area (Å²) in [7, 11) is -13.2. The van der Waals surface area contributed by atoms with Crippen molar-refractivity contribution in [3.63, 3.8) is 0 Å². The fourth-order valence-electron chi connectivity index (χ4n) is 5.55. The summed E-state index contributed by atoms with van der Waals surface area (Å²) in [4.78, 5) is 73.7.